The summed E-state index contributed by atoms with van der Waals surface area (Å²) in [6, 6.07) is 18.5. The number of sulfonamides is 1. The molecular weight excluding hydrogens is 496 g/mol. The molecule has 2 atom stereocenters. The van der Waals surface area contributed by atoms with Gasteiger partial charge in [0.1, 0.15) is 5.75 Å². The molecule has 0 saturated carbocycles. The van der Waals surface area contributed by atoms with Gasteiger partial charge in [-0.2, -0.15) is 0 Å². The van der Waals surface area contributed by atoms with E-state index >= 15 is 0 Å². The SMILES string of the molecule is Cc1ccc(S(=O)(=O)N2CC(C(=O)NC(C)c3ccc4c(c3)CCC4)Oc3ccc(C(C)(C)C)cc32)cc1. The summed E-state index contributed by atoms with van der Waals surface area (Å²) < 4.78 is 35.2. The van der Waals surface area contributed by atoms with Gasteiger partial charge in [0.05, 0.1) is 23.2 Å². The largest absolute Gasteiger partial charge is 0.476 e. The van der Waals surface area contributed by atoms with E-state index < -0.39 is 16.1 Å². The zero-order chi connectivity index (χ0) is 27.2. The quantitative estimate of drug-likeness (QED) is 0.463. The third kappa shape index (κ3) is 5.04. The summed E-state index contributed by atoms with van der Waals surface area (Å²) in [6.07, 6.45) is 2.35. The van der Waals surface area contributed by atoms with E-state index in [1.54, 1.807) is 30.3 Å². The fourth-order valence-corrected chi connectivity index (χ4v) is 6.64. The van der Waals surface area contributed by atoms with Gasteiger partial charge in [0.2, 0.25) is 0 Å². The second-order valence-electron chi connectivity index (χ2n) is 11.5. The van der Waals surface area contributed by atoms with Crippen LogP contribution in [0.25, 0.3) is 0 Å². The Labute approximate surface area is 226 Å². The van der Waals surface area contributed by atoms with Crippen molar-refractivity contribution in [1.29, 1.82) is 0 Å². The molecule has 38 heavy (non-hydrogen) atoms. The molecule has 1 aliphatic heterocycles. The molecular formula is C31H36N2O4S. The number of hydrogen-bond acceptors (Lipinski definition) is 4. The highest BCUT2D eigenvalue weighted by Crippen LogP contribution is 2.40. The van der Waals surface area contributed by atoms with E-state index in [1.165, 1.54) is 15.4 Å². The van der Waals surface area contributed by atoms with Gasteiger partial charge in [-0.1, -0.05) is 62.7 Å². The number of hydrogen-bond donors (Lipinski definition) is 1. The highest BCUT2D eigenvalue weighted by atomic mass is 32.2. The molecule has 2 aliphatic rings. The maximum Gasteiger partial charge on any atom is 0.264 e. The molecule has 6 nitrogen and oxygen atoms in total. The number of carbonyl (C=O) groups is 1. The second kappa shape index (κ2) is 9.77. The Morgan fingerprint density at radius 3 is 2.42 bits per heavy atom. The third-order valence-corrected chi connectivity index (χ3v) is 9.37. The normalized spacial score (nSPS) is 17.8. The molecule has 2 unspecified atom stereocenters. The Bertz CT molecular complexity index is 1470. The summed E-state index contributed by atoms with van der Waals surface area (Å²) in [5, 5.41) is 3.06. The molecule has 200 valence electrons. The Morgan fingerprint density at radius 1 is 1.00 bits per heavy atom. The van der Waals surface area contributed by atoms with Crippen molar-refractivity contribution in [3.63, 3.8) is 0 Å². The van der Waals surface area contributed by atoms with Crippen LogP contribution in [-0.4, -0.2) is 27.0 Å². The van der Waals surface area contributed by atoms with Gasteiger partial charge >= 0.3 is 0 Å². The first-order valence-corrected chi connectivity index (χ1v) is 14.7. The van der Waals surface area contributed by atoms with Crippen LogP contribution in [0.4, 0.5) is 5.69 Å². The summed E-state index contributed by atoms with van der Waals surface area (Å²) >= 11 is 0. The summed E-state index contributed by atoms with van der Waals surface area (Å²) in [5.41, 5.74) is 5.98. The number of amides is 1. The lowest BCUT2D eigenvalue weighted by atomic mass is 9.86. The number of rotatable bonds is 5. The monoisotopic (exact) mass is 532 g/mol. The van der Waals surface area contributed by atoms with Crippen molar-refractivity contribution < 1.29 is 17.9 Å². The fraction of sp³-hybridized carbons (Fsp3) is 0.387. The molecule has 1 N–H and O–H groups in total. The second-order valence-corrected chi connectivity index (χ2v) is 13.4. The van der Waals surface area contributed by atoms with E-state index in [2.05, 4.69) is 44.3 Å². The Hall–Kier alpha value is -3.32. The predicted octanol–water partition coefficient (Wildman–Crippen LogP) is 5.61. The van der Waals surface area contributed by atoms with Crippen LogP contribution in [0, 0.1) is 6.92 Å². The highest BCUT2D eigenvalue weighted by Gasteiger charge is 2.38. The van der Waals surface area contributed by atoms with Crippen molar-refractivity contribution in [2.75, 3.05) is 10.8 Å². The molecule has 0 radical (unpaired) electrons. The first kappa shape index (κ1) is 26.3. The number of ether oxygens (including phenoxy) is 1. The number of carbonyl (C=O) groups excluding carboxylic acids is 1. The summed E-state index contributed by atoms with van der Waals surface area (Å²) in [7, 11) is -3.94. The van der Waals surface area contributed by atoms with Gasteiger partial charge in [0.25, 0.3) is 15.9 Å². The molecule has 0 saturated heterocycles. The van der Waals surface area contributed by atoms with E-state index in [0.717, 1.165) is 36.0 Å². The lowest BCUT2D eigenvalue weighted by molar-refractivity contribution is -0.128. The maximum atomic E-state index is 13.9. The van der Waals surface area contributed by atoms with Crippen LogP contribution in [0.15, 0.2) is 65.6 Å². The van der Waals surface area contributed by atoms with Gasteiger partial charge in [-0.15, -0.1) is 0 Å². The number of aryl methyl sites for hydroxylation is 3. The predicted molar refractivity (Wildman–Crippen MR) is 150 cm³/mol. The van der Waals surface area contributed by atoms with Gasteiger partial charge in [-0.05, 0) is 85.0 Å². The first-order valence-electron chi connectivity index (χ1n) is 13.3. The number of anilines is 1. The van der Waals surface area contributed by atoms with E-state index in [9.17, 15) is 13.2 Å². The van der Waals surface area contributed by atoms with Gasteiger partial charge in [-0.3, -0.25) is 9.10 Å². The Morgan fingerprint density at radius 2 is 1.71 bits per heavy atom. The van der Waals surface area contributed by atoms with Crippen molar-refractivity contribution >= 4 is 21.6 Å². The van der Waals surface area contributed by atoms with Crippen LogP contribution in [0.3, 0.4) is 0 Å². The average molecular weight is 533 g/mol. The van der Waals surface area contributed by atoms with Crippen molar-refractivity contribution in [2.24, 2.45) is 0 Å². The van der Waals surface area contributed by atoms with E-state index in [0.29, 0.717) is 11.4 Å². The summed E-state index contributed by atoms with van der Waals surface area (Å²) in [4.78, 5) is 13.6. The summed E-state index contributed by atoms with van der Waals surface area (Å²) in [5.74, 6) is 0.0397. The van der Waals surface area contributed by atoms with Crippen molar-refractivity contribution in [1.82, 2.24) is 5.32 Å². The minimum atomic E-state index is -3.94. The van der Waals surface area contributed by atoms with Gasteiger partial charge in [0, 0.05) is 0 Å². The van der Waals surface area contributed by atoms with Crippen LogP contribution in [-0.2, 0) is 33.1 Å². The average Bonchev–Trinajstić information content (AvgIpc) is 3.35. The molecule has 0 aromatic heterocycles. The van der Waals surface area contributed by atoms with E-state index in [1.807, 2.05) is 26.0 Å². The van der Waals surface area contributed by atoms with Gasteiger partial charge in [-0.25, -0.2) is 8.42 Å². The highest BCUT2D eigenvalue weighted by molar-refractivity contribution is 7.92. The lowest BCUT2D eigenvalue weighted by Gasteiger charge is -2.36. The molecule has 5 rings (SSSR count). The number of nitrogens with one attached hydrogen (secondary N) is 1. The van der Waals surface area contributed by atoms with Crippen molar-refractivity contribution in [3.05, 3.63) is 88.5 Å². The molecule has 1 amide bonds. The number of fused-ring (bicyclic) bond motifs is 2. The fourth-order valence-electron chi connectivity index (χ4n) is 5.17. The minimum absolute atomic E-state index is 0.112. The number of nitrogens with zero attached hydrogens (tertiary/aromatic N) is 1. The molecule has 7 heteroatoms. The zero-order valence-corrected chi connectivity index (χ0v) is 23.6. The third-order valence-electron chi connectivity index (χ3n) is 7.58. The van der Waals surface area contributed by atoms with Crippen LogP contribution in [0.1, 0.15) is 68.0 Å². The number of benzene rings is 3. The van der Waals surface area contributed by atoms with Crippen molar-refractivity contribution in [3.8, 4) is 5.75 Å². The van der Waals surface area contributed by atoms with Crippen molar-refractivity contribution in [2.45, 2.75) is 76.3 Å². The van der Waals surface area contributed by atoms with Gasteiger partial charge < -0.3 is 10.1 Å². The molecule has 1 aliphatic carbocycles. The van der Waals surface area contributed by atoms with Crippen LogP contribution in [0.5, 0.6) is 5.75 Å². The zero-order valence-electron chi connectivity index (χ0n) is 22.7. The molecule has 1 heterocycles. The molecule has 0 fully saturated rings. The van der Waals surface area contributed by atoms with Gasteiger partial charge in [0.15, 0.2) is 6.10 Å². The Kier molecular flexibility index (Phi) is 6.76. The topological polar surface area (TPSA) is 75.7 Å². The van der Waals surface area contributed by atoms with Crippen LogP contribution >= 0.6 is 0 Å². The van der Waals surface area contributed by atoms with E-state index in [-0.39, 0.29) is 28.8 Å². The lowest BCUT2D eigenvalue weighted by Crippen LogP contribution is -2.51. The smallest absolute Gasteiger partial charge is 0.264 e. The maximum absolute atomic E-state index is 13.9. The standard InChI is InChI=1S/C31H36N2O4S/c1-20-9-14-26(15-10-20)38(35,36)33-19-29(37-28-16-13-25(18-27(28)33)31(3,4)5)30(34)32-21(2)23-12-11-22-7-6-8-24(22)17-23/h9-18,21,29H,6-8,19H2,1-5H3,(H,32,34). The molecule has 3 aromatic carbocycles. The van der Waals surface area contributed by atoms with E-state index in [4.69, 9.17) is 4.74 Å². The molecule has 0 bridgehead atoms. The summed E-state index contributed by atoms with van der Waals surface area (Å²) in [6.45, 7) is 9.98. The molecule has 3 aromatic rings. The molecule has 0 spiro atoms. The van der Waals surface area contributed by atoms with Crippen LogP contribution < -0.4 is 14.4 Å². The van der Waals surface area contributed by atoms with Crippen LogP contribution in [0.2, 0.25) is 0 Å². The first-order chi connectivity index (χ1) is 17.9. The minimum Gasteiger partial charge on any atom is -0.476 e. The Balaban J connectivity index is 1.46.